The topological polar surface area (TPSA) is 37.4 Å². The van der Waals surface area contributed by atoms with E-state index in [-0.39, 0.29) is 17.7 Å². The molecular weight excluding hydrogens is 261 g/mol. The van der Waals surface area contributed by atoms with Gasteiger partial charge in [0.25, 0.3) is 11.8 Å². The molecule has 2 aliphatic rings. The number of nitrogens with zero attached hydrogens (tertiary/aromatic N) is 1. The number of rotatable bonds is 2. The molecule has 0 saturated heterocycles. The van der Waals surface area contributed by atoms with Gasteiger partial charge in [-0.3, -0.25) is 14.5 Å². The van der Waals surface area contributed by atoms with E-state index < -0.39 is 4.33 Å². The van der Waals surface area contributed by atoms with E-state index in [1.807, 2.05) is 0 Å². The van der Waals surface area contributed by atoms with Gasteiger partial charge in [-0.05, 0) is 18.6 Å². The van der Waals surface area contributed by atoms with Gasteiger partial charge in [-0.1, -0.05) is 12.1 Å². The van der Waals surface area contributed by atoms with Crippen LogP contribution in [0.25, 0.3) is 0 Å². The summed E-state index contributed by atoms with van der Waals surface area (Å²) in [6.45, 7) is 0.305. The number of hydrogen-bond donors (Lipinski definition) is 0. The van der Waals surface area contributed by atoms with E-state index in [0.717, 1.165) is 0 Å². The van der Waals surface area contributed by atoms with E-state index in [2.05, 4.69) is 0 Å². The minimum atomic E-state index is -0.769. The molecule has 88 valence electrons. The number of carbonyl (C=O) groups is 2. The molecule has 0 aromatic heterocycles. The van der Waals surface area contributed by atoms with Crippen LogP contribution in [0.2, 0.25) is 0 Å². The third-order valence-corrected chi connectivity index (χ3v) is 4.16. The van der Waals surface area contributed by atoms with Crippen LogP contribution in [0.5, 0.6) is 0 Å². The second-order valence-corrected chi connectivity index (χ2v) is 5.97. The molecule has 5 heteroatoms. The molecule has 1 aliphatic carbocycles. The van der Waals surface area contributed by atoms with Crippen molar-refractivity contribution in [2.45, 2.75) is 10.8 Å². The first-order chi connectivity index (χ1) is 8.00. The predicted octanol–water partition coefficient (Wildman–Crippen LogP) is 2.48. The minimum Gasteiger partial charge on any atom is -0.274 e. The van der Waals surface area contributed by atoms with Gasteiger partial charge in [0.05, 0.1) is 11.1 Å². The molecule has 1 heterocycles. The summed E-state index contributed by atoms with van der Waals surface area (Å²) in [5.74, 6) is -0.503. The lowest BCUT2D eigenvalue weighted by atomic mass is 10.1. The molecule has 1 aliphatic heterocycles. The highest BCUT2D eigenvalue weighted by Gasteiger charge is 2.54. The Morgan fingerprint density at radius 1 is 1.18 bits per heavy atom. The van der Waals surface area contributed by atoms with Crippen LogP contribution >= 0.6 is 23.2 Å². The highest BCUT2D eigenvalue weighted by molar-refractivity contribution is 6.50. The Morgan fingerprint density at radius 3 is 2.06 bits per heavy atom. The van der Waals surface area contributed by atoms with E-state index in [9.17, 15) is 9.59 Å². The average Bonchev–Trinajstić information content (AvgIpc) is 2.84. The fraction of sp³-hybridized carbons (Fsp3) is 0.333. The predicted molar refractivity (Wildman–Crippen MR) is 64.4 cm³/mol. The van der Waals surface area contributed by atoms with Crippen LogP contribution in [0.4, 0.5) is 0 Å². The summed E-state index contributed by atoms with van der Waals surface area (Å²) < 4.78 is -0.769. The maximum Gasteiger partial charge on any atom is 0.261 e. The van der Waals surface area contributed by atoms with E-state index in [1.165, 1.54) is 4.90 Å². The molecule has 0 radical (unpaired) electrons. The van der Waals surface area contributed by atoms with Crippen molar-refractivity contribution < 1.29 is 9.59 Å². The third-order valence-electron chi connectivity index (χ3n) is 3.24. The van der Waals surface area contributed by atoms with Crippen molar-refractivity contribution in [1.29, 1.82) is 0 Å². The number of halogens is 2. The van der Waals surface area contributed by atoms with Gasteiger partial charge in [0.2, 0.25) is 0 Å². The normalized spacial score (nSPS) is 25.1. The van der Waals surface area contributed by atoms with Crippen molar-refractivity contribution in [2.24, 2.45) is 5.92 Å². The Morgan fingerprint density at radius 2 is 1.65 bits per heavy atom. The van der Waals surface area contributed by atoms with Crippen molar-refractivity contribution in [3.8, 4) is 0 Å². The number of fused-ring (bicyclic) bond motifs is 1. The van der Waals surface area contributed by atoms with Gasteiger partial charge in [-0.25, -0.2) is 0 Å². The molecule has 0 bridgehead atoms. The molecule has 3 rings (SSSR count). The Kier molecular flexibility index (Phi) is 2.25. The maximum atomic E-state index is 12.0. The largest absolute Gasteiger partial charge is 0.274 e. The minimum absolute atomic E-state index is 0.00644. The summed E-state index contributed by atoms with van der Waals surface area (Å²) >= 11 is 11.8. The van der Waals surface area contributed by atoms with Gasteiger partial charge < -0.3 is 0 Å². The Hall–Kier alpha value is -1.06. The highest BCUT2D eigenvalue weighted by Crippen LogP contribution is 2.53. The van der Waals surface area contributed by atoms with E-state index in [1.54, 1.807) is 24.3 Å². The van der Waals surface area contributed by atoms with Crippen molar-refractivity contribution >= 4 is 35.0 Å². The number of alkyl halides is 2. The lowest BCUT2D eigenvalue weighted by molar-refractivity contribution is 0.0646. The van der Waals surface area contributed by atoms with Gasteiger partial charge >= 0.3 is 0 Å². The molecule has 1 unspecified atom stereocenters. The van der Waals surface area contributed by atoms with E-state index >= 15 is 0 Å². The monoisotopic (exact) mass is 269 g/mol. The van der Waals surface area contributed by atoms with Crippen LogP contribution in [-0.2, 0) is 0 Å². The van der Waals surface area contributed by atoms with Crippen molar-refractivity contribution in [3.05, 3.63) is 35.4 Å². The van der Waals surface area contributed by atoms with E-state index in [4.69, 9.17) is 23.2 Å². The molecule has 1 aromatic carbocycles. The second-order valence-electron chi connectivity index (χ2n) is 4.43. The number of hydrogen-bond acceptors (Lipinski definition) is 2. The Labute approximate surface area is 108 Å². The lowest BCUT2D eigenvalue weighted by Crippen LogP contribution is -2.32. The maximum absolute atomic E-state index is 12.0. The number of benzene rings is 1. The zero-order valence-electron chi connectivity index (χ0n) is 8.82. The van der Waals surface area contributed by atoms with Crippen LogP contribution in [0.1, 0.15) is 27.1 Å². The van der Waals surface area contributed by atoms with Gasteiger partial charge in [0, 0.05) is 12.5 Å². The highest BCUT2D eigenvalue weighted by atomic mass is 35.5. The van der Waals surface area contributed by atoms with Crippen LogP contribution in [0, 0.1) is 5.92 Å². The SMILES string of the molecule is O=C1c2ccccc2C(=O)N1CC1CC1(Cl)Cl. The van der Waals surface area contributed by atoms with E-state index in [0.29, 0.717) is 24.1 Å². The van der Waals surface area contributed by atoms with Crippen LogP contribution < -0.4 is 0 Å². The van der Waals surface area contributed by atoms with Crippen molar-refractivity contribution in [3.63, 3.8) is 0 Å². The molecule has 17 heavy (non-hydrogen) atoms. The van der Waals surface area contributed by atoms with Gasteiger partial charge in [-0.2, -0.15) is 0 Å². The average molecular weight is 270 g/mol. The Balaban J connectivity index is 1.86. The van der Waals surface area contributed by atoms with Gasteiger partial charge in [0.1, 0.15) is 4.33 Å². The molecule has 2 amide bonds. The van der Waals surface area contributed by atoms with Crippen molar-refractivity contribution in [2.75, 3.05) is 6.54 Å². The second kappa shape index (κ2) is 3.47. The molecule has 1 fully saturated rings. The summed E-state index contributed by atoms with van der Waals surface area (Å²) in [6, 6.07) is 6.82. The summed E-state index contributed by atoms with van der Waals surface area (Å²) in [6.07, 6.45) is 0.628. The fourth-order valence-electron chi connectivity index (χ4n) is 2.09. The van der Waals surface area contributed by atoms with Gasteiger partial charge in [-0.15, -0.1) is 23.2 Å². The van der Waals surface area contributed by atoms with Crippen LogP contribution in [0.3, 0.4) is 0 Å². The molecule has 0 N–H and O–H groups in total. The molecular formula is C12H9Cl2NO2. The molecule has 1 aromatic rings. The molecule has 1 saturated carbocycles. The molecule has 0 spiro atoms. The van der Waals surface area contributed by atoms with Gasteiger partial charge in [0.15, 0.2) is 0 Å². The fourth-order valence-corrected chi connectivity index (χ4v) is 2.60. The number of amides is 2. The first kappa shape index (κ1) is 11.1. The standard InChI is InChI=1S/C12H9Cl2NO2/c13-12(14)5-7(12)6-15-10(16)8-3-1-2-4-9(8)11(15)17/h1-4,7H,5-6H2. The quantitative estimate of drug-likeness (QED) is 0.611. The Bertz CT molecular complexity index is 492. The summed E-state index contributed by atoms with van der Waals surface area (Å²) in [4.78, 5) is 25.2. The first-order valence-corrected chi connectivity index (χ1v) is 6.09. The number of imide groups is 1. The number of carbonyl (C=O) groups excluding carboxylic acids is 2. The molecule has 1 atom stereocenters. The smallest absolute Gasteiger partial charge is 0.261 e. The first-order valence-electron chi connectivity index (χ1n) is 5.34. The molecule has 3 nitrogen and oxygen atoms in total. The lowest BCUT2D eigenvalue weighted by Gasteiger charge is -2.13. The van der Waals surface area contributed by atoms with Crippen molar-refractivity contribution in [1.82, 2.24) is 4.90 Å². The third kappa shape index (κ3) is 1.65. The summed E-state index contributed by atoms with van der Waals surface area (Å²) in [5.41, 5.74) is 0.931. The zero-order valence-corrected chi connectivity index (χ0v) is 10.3. The summed E-state index contributed by atoms with van der Waals surface area (Å²) in [5, 5.41) is 0. The zero-order chi connectivity index (χ0) is 12.2. The van der Waals surface area contributed by atoms with Crippen LogP contribution in [-0.4, -0.2) is 27.6 Å². The summed E-state index contributed by atoms with van der Waals surface area (Å²) in [7, 11) is 0. The van der Waals surface area contributed by atoms with Crippen LogP contribution in [0.15, 0.2) is 24.3 Å².